The molecule has 1 aromatic heterocycles. The first kappa shape index (κ1) is 6.97. The van der Waals surface area contributed by atoms with Gasteiger partial charge in [-0.1, -0.05) is 0 Å². The number of aromatic nitrogens is 2. The molecule has 0 bridgehead atoms. The lowest BCUT2D eigenvalue weighted by Crippen LogP contribution is -2.14. The number of hydrogen-bond acceptors (Lipinski definition) is 4. The van der Waals surface area contributed by atoms with Crippen LogP contribution in [0.3, 0.4) is 0 Å². The fourth-order valence-corrected chi connectivity index (χ4v) is 0.911. The van der Waals surface area contributed by atoms with Gasteiger partial charge in [0.05, 0.1) is 0 Å². The fraction of sp³-hybridized carbons (Fsp3) is 0.125. The van der Waals surface area contributed by atoms with Crippen LogP contribution in [-0.4, -0.2) is 22.9 Å². The maximum Gasteiger partial charge on any atom is 0.177 e. The summed E-state index contributed by atoms with van der Waals surface area (Å²) in [5, 5.41) is 2.84. The van der Waals surface area contributed by atoms with Gasteiger partial charge in [-0.15, -0.1) is 0 Å². The van der Waals surface area contributed by atoms with Gasteiger partial charge in [-0.3, -0.25) is 0 Å². The molecule has 12 heavy (non-hydrogen) atoms. The van der Waals surface area contributed by atoms with Crippen molar-refractivity contribution in [3.63, 3.8) is 0 Å². The summed E-state index contributed by atoms with van der Waals surface area (Å²) >= 11 is 0. The zero-order valence-electron chi connectivity index (χ0n) is 6.36. The Kier molecular flexibility index (Phi) is 1.82. The van der Waals surface area contributed by atoms with E-state index < -0.39 is 0 Å². The van der Waals surface area contributed by atoms with E-state index in [2.05, 4.69) is 26.6 Å². The van der Waals surface area contributed by atoms with Gasteiger partial charge in [-0.05, 0) is 12.1 Å². The zero-order chi connectivity index (χ0) is 8.23. The molecule has 1 radical (unpaired) electrons. The van der Waals surface area contributed by atoms with Gasteiger partial charge >= 0.3 is 0 Å². The van der Waals surface area contributed by atoms with Crippen molar-refractivity contribution < 1.29 is 0 Å². The molecule has 2 heterocycles. The molecule has 59 valence electrons. The fourth-order valence-electron chi connectivity index (χ4n) is 0.911. The van der Waals surface area contributed by atoms with Crippen LogP contribution in [0.25, 0.3) is 5.70 Å². The molecule has 0 aromatic carbocycles. The summed E-state index contributed by atoms with van der Waals surface area (Å²) in [6.45, 7) is 0.733. The minimum atomic E-state index is 0.645. The van der Waals surface area contributed by atoms with Crippen LogP contribution in [0.1, 0.15) is 5.82 Å². The Hall–Kier alpha value is -1.71. The predicted octanol–water partition coefficient (Wildman–Crippen LogP) is 0.326. The topological polar surface area (TPSA) is 50.2 Å². The summed E-state index contributed by atoms with van der Waals surface area (Å²) in [5.41, 5.74) is 0.773. The molecule has 0 saturated carbocycles. The van der Waals surface area contributed by atoms with E-state index in [-0.39, 0.29) is 0 Å². The maximum atomic E-state index is 4.06. The summed E-state index contributed by atoms with van der Waals surface area (Å²) < 4.78 is 0. The summed E-state index contributed by atoms with van der Waals surface area (Å²) in [4.78, 5) is 12.1. The van der Waals surface area contributed by atoms with E-state index in [1.54, 1.807) is 18.5 Å². The van der Waals surface area contributed by atoms with Crippen LogP contribution in [0.2, 0.25) is 0 Å². The molecule has 0 spiro atoms. The van der Waals surface area contributed by atoms with Crippen LogP contribution < -0.4 is 5.32 Å². The van der Waals surface area contributed by atoms with Crippen molar-refractivity contribution in [1.29, 1.82) is 0 Å². The van der Waals surface area contributed by atoms with E-state index >= 15 is 0 Å². The first-order valence-corrected chi connectivity index (χ1v) is 3.63. The van der Waals surface area contributed by atoms with Crippen molar-refractivity contribution in [3.05, 3.63) is 30.4 Å². The van der Waals surface area contributed by atoms with Gasteiger partial charge in [0.1, 0.15) is 5.70 Å². The number of aliphatic imine (C=N–C) groups is 1. The first-order valence-electron chi connectivity index (χ1n) is 3.63. The van der Waals surface area contributed by atoms with Crippen LogP contribution >= 0.6 is 0 Å². The molecule has 0 unspecified atom stereocenters. The zero-order valence-corrected chi connectivity index (χ0v) is 6.36. The Morgan fingerprint density at radius 3 is 2.83 bits per heavy atom. The number of nitrogens with zero attached hydrogens (tertiary/aromatic N) is 3. The molecular formula is C8H7N4. The average Bonchev–Trinajstić information content (AvgIpc) is 2.21. The van der Waals surface area contributed by atoms with Gasteiger partial charge in [0.2, 0.25) is 0 Å². The normalized spacial score (nSPS) is 15.2. The Labute approximate surface area is 70.1 Å². The molecule has 4 nitrogen and oxygen atoms in total. The summed E-state index contributed by atoms with van der Waals surface area (Å²) in [6.07, 6.45) is 7.97. The average molecular weight is 159 g/mol. The van der Waals surface area contributed by atoms with Crippen LogP contribution in [-0.2, 0) is 0 Å². The lowest BCUT2D eigenvalue weighted by molar-refractivity contribution is 1.02. The molecular weight excluding hydrogens is 152 g/mol. The number of rotatable bonds is 1. The van der Waals surface area contributed by atoms with E-state index in [1.165, 1.54) is 0 Å². The van der Waals surface area contributed by atoms with Crippen molar-refractivity contribution in [2.75, 3.05) is 6.54 Å². The molecule has 0 saturated heterocycles. The maximum absolute atomic E-state index is 4.06. The van der Waals surface area contributed by atoms with E-state index in [4.69, 9.17) is 0 Å². The van der Waals surface area contributed by atoms with Crippen molar-refractivity contribution in [2.45, 2.75) is 0 Å². The number of hydrogen-bond donors (Lipinski definition) is 1. The van der Waals surface area contributed by atoms with Crippen molar-refractivity contribution >= 4 is 12.0 Å². The molecule has 4 heteroatoms. The van der Waals surface area contributed by atoms with Gasteiger partial charge in [0, 0.05) is 18.9 Å². The third-order valence-corrected chi connectivity index (χ3v) is 1.45. The monoisotopic (exact) mass is 159 g/mol. The minimum Gasteiger partial charge on any atom is -0.363 e. The Balaban J connectivity index is 2.31. The smallest absolute Gasteiger partial charge is 0.177 e. The van der Waals surface area contributed by atoms with Gasteiger partial charge in [0.15, 0.2) is 12.2 Å². The van der Waals surface area contributed by atoms with Crippen LogP contribution in [0, 0.1) is 0 Å². The predicted molar refractivity (Wildman–Crippen MR) is 45.4 cm³/mol. The van der Waals surface area contributed by atoms with Crippen LogP contribution in [0.4, 0.5) is 0 Å². The highest BCUT2D eigenvalue weighted by Gasteiger charge is 2.03. The molecule has 1 N–H and O–H groups in total. The highest BCUT2D eigenvalue weighted by atomic mass is 15.0. The second-order valence-corrected chi connectivity index (χ2v) is 2.27. The van der Waals surface area contributed by atoms with Crippen molar-refractivity contribution in [1.82, 2.24) is 15.3 Å². The molecule has 0 amide bonds. The molecule has 0 atom stereocenters. The summed E-state index contributed by atoms with van der Waals surface area (Å²) in [5.74, 6) is 0.645. The lowest BCUT2D eigenvalue weighted by Gasteiger charge is -2.03. The highest BCUT2D eigenvalue weighted by Crippen LogP contribution is 2.09. The van der Waals surface area contributed by atoms with Crippen LogP contribution in [0.15, 0.2) is 29.5 Å². The molecule has 1 aliphatic rings. The highest BCUT2D eigenvalue weighted by molar-refractivity contribution is 5.72. The molecule has 0 aliphatic carbocycles. The third kappa shape index (κ3) is 1.32. The van der Waals surface area contributed by atoms with Crippen molar-refractivity contribution in [3.8, 4) is 0 Å². The van der Waals surface area contributed by atoms with E-state index in [0.717, 1.165) is 12.2 Å². The third-order valence-electron chi connectivity index (χ3n) is 1.45. The van der Waals surface area contributed by atoms with Crippen molar-refractivity contribution in [2.24, 2.45) is 4.99 Å². The van der Waals surface area contributed by atoms with Gasteiger partial charge in [-0.25, -0.2) is 15.0 Å². The molecule has 1 aliphatic heterocycles. The lowest BCUT2D eigenvalue weighted by atomic mass is 10.3. The largest absolute Gasteiger partial charge is 0.363 e. The Morgan fingerprint density at radius 1 is 1.33 bits per heavy atom. The summed E-state index contributed by atoms with van der Waals surface area (Å²) in [7, 11) is 0. The van der Waals surface area contributed by atoms with E-state index in [1.807, 2.05) is 6.08 Å². The summed E-state index contributed by atoms with van der Waals surface area (Å²) in [6, 6.07) is 1.78. The standard InChI is InChI=1S/C8H7N4/c1-3-10-8(11-4-1)7-2-5-9-6-12-7/h1-4H,5H2,(H,9,12). The van der Waals surface area contributed by atoms with Crippen LogP contribution in [0.5, 0.6) is 0 Å². The molecule has 0 fully saturated rings. The molecule has 2 rings (SSSR count). The van der Waals surface area contributed by atoms with E-state index in [9.17, 15) is 0 Å². The SMILES string of the molecule is [C]1=NC(c2ncccn2)=CCN1. The van der Waals surface area contributed by atoms with E-state index in [0.29, 0.717) is 5.82 Å². The first-order chi connectivity index (χ1) is 5.97. The van der Waals surface area contributed by atoms with Gasteiger partial charge in [-0.2, -0.15) is 0 Å². The van der Waals surface area contributed by atoms with Gasteiger partial charge in [0.25, 0.3) is 0 Å². The van der Waals surface area contributed by atoms with Gasteiger partial charge < -0.3 is 5.32 Å². The second kappa shape index (κ2) is 3.13. The Bertz CT molecular complexity index is 315. The number of nitrogens with one attached hydrogen (secondary N) is 1. The second-order valence-electron chi connectivity index (χ2n) is 2.27. The minimum absolute atomic E-state index is 0.645. The molecule has 1 aromatic rings. The quantitative estimate of drug-likeness (QED) is 0.642. The Morgan fingerprint density at radius 2 is 2.17 bits per heavy atom.